The summed E-state index contributed by atoms with van der Waals surface area (Å²) in [5.74, 6) is 0.266. The molecule has 0 amide bonds. The van der Waals surface area contributed by atoms with Gasteiger partial charge in [0, 0.05) is 0 Å². The third-order valence-electron chi connectivity index (χ3n) is 4.66. The number of rotatable bonds is 5. The first-order chi connectivity index (χ1) is 14.9. The molecule has 2 aromatic carbocycles. The van der Waals surface area contributed by atoms with Gasteiger partial charge in [0.15, 0.2) is 0 Å². The molecule has 1 aromatic heterocycles. The predicted octanol–water partition coefficient (Wildman–Crippen LogP) is 3.01. The van der Waals surface area contributed by atoms with Crippen LogP contribution in [0.1, 0.15) is 0 Å². The first-order valence-electron chi connectivity index (χ1n) is 9.59. The number of morpholine rings is 1. The fraction of sp³-hybridized carbons (Fsp3) is 0.227. The Labute approximate surface area is 183 Å². The Bertz CT molecular complexity index is 1020. The van der Waals surface area contributed by atoms with Crippen LogP contribution in [0.3, 0.4) is 0 Å². The van der Waals surface area contributed by atoms with Gasteiger partial charge in [-0.05, 0) is 0 Å². The van der Waals surface area contributed by atoms with Crippen molar-refractivity contribution in [2.24, 2.45) is 0 Å². The Balaban J connectivity index is 1.62. The minimum absolute atomic E-state index is 0.237. The van der Waals surface area contributed by atoms with E-state index in [-0.39, 0.29) is 11.6 Å². The number of aromatic nitrogens is 1. The third kappa shape index (κ3) is 5.99. The van der Waals surface area contributed by atoms with Crippen molar-refractivity contribution in [2.75, 3.05) is 31.2 Å². The number of halogens is 4. The second-order valence-electron chi connectivity index (χ2n) is 6.90. The van der Waals surface area contributed by atoms with Gasteiger partial charge in [-0.1, -0.05) is 0 Å². The fourth-order valence-electron chi connectivity index (χ4n) is 3.22. The standard InChI is InChI=1S/C22H19AsF4N2O2/c24-18-5-1-15(2-6-18)20-13-17(14-21(28-20)29-9-11-30-12-10-29)23-16-3-7-19(8-4-16)31-22(25,26)27/h1-8,13-14,23H,9-12H2. The van der Waals surface area contributed by atoms with Gasteiger partial charge < -0.3 is 0 Å². The van der Waals surface area contributed by atoms with Crippen LogP contribution < -0.4 is 18.3 Å². The van der Waals surface area contributed by atoms with E-state index in [1.54, 1.807) is 24.3 Å². The number of alkyl halides is 3. The molecule has 31 heavy (non-hydrogen) atoms. The van der Waals surface area contributed by atoms with E-state index in [0.29, 0.717) is 13.2 Å². The zero-order valence-corrected chi connectivity index (χ0v) is 18.4. The zero-order chi connectivity index (χ0) is 21.8. The molecule has 0 spiro atoms. The maximum absolute atomic E-state index is 13.4. The van der Waals surface area contributed by atoms with Gasteiger partial charge in [-0.15, -0.1) is 0 Å². The monoisotopic (exact) mass is 494 g/mol. The Kier molecular flexibility index (Phi) is 6.48. The van der Waals surface area contributed by atoms with Crippen molar-refractivity contribution in [1.82, 2.24) is 4.98 Å². The van der Waals surface area contributed by atoms with Gasteiger partial charge in [0.05, 0.1) is 0 Å². The van der Waals surface area contributed by atoms with E-state index in [2.05, 4.69) is 9.64 Å². The topological polar surface area (TPSA) is 34.6 Å². The van der Waals surface area contributed by atoms with Crippen molar-refractivity contribution in [3.63, 3.8) is 0 Å². The number of hydrogen-bond donors (Lipinski definition) is 0. The van der Waals surface area contributed by atoms with Crippen LogP contribution in [0.4, 0.5) is 23.4 Å². The average Bonchev–Trinajstić information content (AvgIpc) is 2.75. The van der Waals surface area contributed by atoms with Gasteiger partial charge in [0.25, 0.3) is 0 Å². The van der Waals surface area contributed by atoms with Crippen LogP contribution in [0.15, 0.2) is 60.7 Å². The summed E-state index contributed by atoms with van der Waals surface area (Å²) in [4.78, 5) is 6.92. The SMILES string of the molecule is Fc1ccc(-c2cc([AsH]c3ccc(OC(F)(F)F)cc3)cc(N3CCOCC3)n2)cc1. The number of nitrogens with zero attached hydrogens (tertiary/aromatic N) is 2. The summed E-state index contributed by atoms with van der Waals surface area (Å²) in [7, 11) is 0. The molecular formula is C22H19AsF4N2O2. The summed E-state index contributed by atoms with van der Waals surface area (Å²) in [5, 5.41) is 0. The van der Waals surface area contributed by atoms with Crippen LogP contribution in [0, 0.1) is 5.82 Å². The summed E-state index contributed by atoms with van der Waals surface area (Å²) < 4.78 is 61.9. The minimum atomic E-state index is -4.71. The molecule has 4 rings (SSSR count). The second-order valence-corrected chi connectivity index (χ2v) is 9.85. The summed E-state index contributed by atoms with van der Waals surface area (Å²) >= 11 is -0.843. The van der Waals surface area contributed by atoms with Gasteiger partial charge in [-0.2, -0.15) is 0 Å². The quantitative estimate of drug-likeness (QED) is 0.404. The third-order valence-corrected chi connectivity index (χ3v) is 7.18. The molecule has 0 aliphatic carbocycles. The van der Waals surface area contributed by atoms with Crippen molar-refractivity contribution in [2.45, 2.75) is 6.36 Å². The molecule has 3 aromatic rings. The van der Waals surface area contributed by atoms with Gasteiger partial charge in [0.2, 0.25) is 0 Å². The molecule has 0 saturated carbocycles. The maximum atomic E-state index is 13.4. The second kappa shape index (κ2) is 9.28. The molecule has 0 N–H and O–H groups in total. The Morgan fingerprint density at radius 3 is 2.23 bits per heavy atom. The molecule has 2 heterocycles. The fourth-order valence-corrected chi connectivity index (χ4v) is 5.48. The van der Waals surface area contributed by atoms with Gasteiger partial charge >= 0.3 is 183 Å². The Morgan fingerprint density at radius 1 is 0.903 bits per heavy atom. The van der Waals surface area contributed by atoms with E-state index in [1.165, 1.54) is 24.3 Å². The predicted molar refractivity (Wildman–Crippen MR) is 112 cm³/mol. The van der Waals surface area contributed by atoms with Crippen molar-refractivity contribution < 1.29 is 27.0 Å². The summed E-state index contributed by atoms with van der Waals surface area (Å²) in [5.41, 5.74) is 1.54. The zero-order valence-electron chi connectivity index (χ0n) is 16.3. The Hall–Kier alpha value is -2.57. The van der Waals surface area contributed by atoms with Crippen molar-refractivity contribution >= 4 is 30.3 Å². The van der Waals surface area contributed by atoms with E-state index in [1.807, 2.05) is 12.1 Å². The molecule has 1 unspecified atom stereocenters. The van der Waals surface area contributed by atoms with Crippen molar-refractivity contribution in [3.05, 3.63) is 66.5 Å². The van der Waals surface area contributed by atoms with Gasteiger partial charge in [0.1, 0.15) is 0 Å². The Morgan fingerprint density at radius 2 is 1.58 bits per heavy atom. The van der Waals surface area contributed by atoms with Crippen LogP contribution >= 0.6 is 0 Å². The number of anilines is 1. The molecule has 1 saturated heterocycles. The van der Waals surface area contributed by atoms with Crippen LogP contribution in [-0.4, -0.2) is 53.4 Å². The van der Waals surface area contributed by atoms with E-state index >= 15 is 0 Å². The first kappa shape index (κ1) is 21.7. The van der Waals surface area contributed by atoms with Crippen LogP contribution in [0.5, 0.6) is 5.75 Å². The number of benzene rings is 2. The van der Waals surface area contributed by atoms with E-state index in [9.17, 15) is 17.6 Å². The summed E-state index contributed by atoms with van der Waals surface area (Å²) in [6.07, 6.45) is -4.71. The summed E-state index contributed by atoms with van der Waals surface area (Å²) in [6, 6.07) is 16.1. The number of pyridine rings is 1. The average molecular weight is 494 g/mol. The van der Waals surface area contributed by atoms with Gasteiger partial charge in [-0.3, -0.25) is 0 Å². The molecule has 4 nitrogen and oxygen atoms in total. The molecule has 0 bridgehead atoms. The molecule has 1 atom stereocenters. The summed E-state index contributed by atoms with van der Waals surface area (Å²) in [6.45, 7) is 2.69. The molecule has 162 valence electrons. The van der Waals surface area contributed by atoms with Crippen LogP contribution in [0.2, 0.25) is 0 Å². The van der Waals surface area contributed by atoms with Crippen LogP contribution in [-0.2, 0) is 4.74 Å². The molecule has 1 aliphatic heterocycles. The van der Waals surface area contributed by atoms with E-state index in [4.69, 9.17) is 9.72 Å². The van der Waals surface area contributed by atoms with E-state index < -0.39 is 22.1 Å². The van der Waals surface area contributed by atoms with E-state index in [0.717, 1.165) is 38.9 Å². The molecule has 1 fully saturated rings. The first-order valence-corrected chi connectivity index (χ1v) is 11.7. The normalized spacial score (nSPS) is 14.9. The van der Waals surface area contributed by atoms with Crippen LogP contribution in [0.25, 0.3) is 11.3 Å². The molecule has 0 radical (unpaired) electrons. The molecule has 1 aliphatic rings. The van der Waals surface area contributed by atoms with Crippen molar-refractivity contribution in [3.8, 4) is 17.0 Å². The van der Waals surface area contributed by atoms with Crippen molar-refractivity contribution in [1.29, 1.82) is 0 Å². The number of hydrogen-bond acceptors (Lipinski definition) is 4. The number of ether oxygens (including phenoxy) is 2. The van der Waals surface area contributed by atoms with Gasteiger partial charge in [-0.25, -0.2) is 0 Å². The molecular weight excluding hydrogens is 475 g/mol. The molecule has 9 heteroatoms.